The molecule has 1 spiro atoms. The summed E-state index contributed by atoms with van der Waals surface area (Å²) < 4.78 is 28.5. The Labute approximate surface area is 226 Å². The summed E-state index contributed by atoms with van der Waals surface area (Å²) in [6.45, 7) is 5.43. The van der Waals surface area contributed by atoms with Crippen LogP contribution in [0.3, 0.4) is 0 Å². The largest absolute Gasteiger partial charge is 0.493 e. The normalized spacial score (nSPS) is 34.3. The first-order valence-corrected chi connectivity index (χ1v) is 13.3. The van der Waals surface area contributed by atoms with Crippen molar-refractivity contribution in [2.45, 2.75) is 87.5 Å². The fourth-order valence-corrected chi connectivity index (χ4v) is 7.17. The molecule has 0 aromatic heterocycles. The molecule has 2 aliphatic carbocycles. The summed E-state index contributed by atoms with van der Waals surface area (Å²) in [6.07, 6.45) is 1.26. The third-order valence-corrected chi connectivity index (χ3v) is 8.91. The molecule has 0 saturated carbocycles. The van der Waals surface area contributed by atoms with E-state index in [1.165, 1.54) is 6.92 Å². The van der Waals surface area contributed by atoms with E-state index in [4.69, 9.17) is 23.7 Å². The third kappa shape index (κ3) is 3.70. The molecule has 1 aromatic carbocycles. The zero-order valence-corrected chi connectivity index (χ0v) is 22.7. The second-order valence-corrected chi connectivity index (χ2v) is 11.6. The van der Waals surface area contributed by atoms with Gasteiger partial charge in [-0.3, -0.25) is 4.79 Å². The summed E-state index contributed by atoms with van der Waals surface area (Å²) in [7, 11) is 3.60. The summed E-state index contributed by atoms with van der Waals surface area (Å²) in [4.78, 5) is 39.9. The van der Waals surface area contributed by atoms with Crippen molar-refractivity contribution in [2.75, 3.05) is 20.7 Å². The van der Waals surface area contributed by atoms with Crippen LogP contribution in [0.4, 0.5) is 0 Å². The van der Waals surface area contributed by atoms with E-state index in [2.05, 4.69) is 10.2 Å². The summed E-state index contributed by atoms with van der Waals surface area (Å²) in [5, 5.41) is 14.8. The highest BCUT2D eigenvalue weighted by Crippen LogP contribution is 2.65. The number of nitrogens with zero attached hydrogens (tertiary/aromatic N) is 1. The van der Waals surface area contributed by atoms with Crippen LogP contribution in [0.25, 0.3) is 0 Å². The number of rotatable bonds is 6. The van der Waals surface area contributed by atoms with E-state index in [0.717, 1.165) is 17.7 Å². The predicted molar refractivity (Wildman–Crippen MR) is 135 cm³/mol. The quantitative estimate of drug-likeness (QED) is 0.504. The summed E-state index contributed by atoms with van der Waals surface area (Å²) in [5.74, 6) is -1.50. The minimum atomic E-state index is -1.12. The van der Waals surface area contributed by atoms with Crippen LogP contribution < -0.4 is 14.8 Å². The van der Waals surface area contributed by atoms with Gasteiger partial charge in [0.15, 0.2) is 23.7 Å². The molecule has 1 aromatic rings. The number of hydrogen-bond donors (Lipinski definition) is 2. The van der Waals surface area contributed by atoms with Gasteiger partial charge in [0.05, 0.1) is 24.5 Å². The topological polar surface area (TPSA) is 133 Å². The number of methoxy groups -OCH3 is 1. The maximum absolute atomic E-state index is 13.1. The Morgan fingerprint density at radius 2 is 2.08 bits per heavy atom. The molecule has 6 atom stereocenters. The summed E-state index contributed by atoms with van der Waals surface area (Å²) >= 11 is 0. The number of hydrogen-bond acceptors (Lipinski definition) is 10. The number of aliphatic hydroxyl groups is 1. The van der Waals surface area contributed by atoms with Crippen LogP contribution in [0.2, 0.25) is 0 Å². The van der Waals surface area contributed by atoms with E-state index >= 15 is 0 Å². The molecule has 11 heteroatoms. The van der Waals surface area contributed by atoms with E-state index in [0.29, 0.717) is 30.1 Å². The number of amides is 1. The monoisotopic (exact) mass is 542 g/mol. The van der Waals surface area contributed by atoms with Gasteiger partial charge in [-0.2, -0.15) is 0 Å². The second-order valence-electron chi connectivity index (χ2n) is 11.6. The number of benzene rings is 1. The summed E-state index contributed by atoms with van der Waals surface area (Å²) in [5.41, 5.74) is 0.117. The van der Waals surface area contributed by atoms with E-state index in [1.54, 1.807) is 27.0 Å². The van der Waals surface area contributed by atoms with Crippen molar-refractivity contribution in [3.8, 4) is 11.5 Å². The first-order valence-electron chi connectivity index (χ1n) is 13.3. The molecule has 3 heterocycles. The van der Waals surface area contributed by atoms with Crippen LogP contribution in [0, 0.1) is 0 Å². The lowest BCUT2D eigenvalue weighted by Crippen LogP contribution is -2.74. The Kier molecular flexibility index (Phi) is 5.80. The van der Waals surface area contributed by atoms with E-state index < -0.39 is 52.9 Å². The number of esters is 2. The third-order valence-electron chi connectivity index (χ3n) is 8.91. The molecule has 5 aliphatic rings. The standard InChI is InChI=1S/C28H34N2O9/c1-14(29-20(31)13-18-25(33)39-26(2,3)38-18)24(32)36-17-8-9-28(34)19-12-15-6-7-16(35-5)22-21(15)27(28,23(17)37-22)10-11-30(19)4/h6-8,14,18-19,23,34H,9-13H2,1-5H3,(H,29,31)/t14-,18-,19?,23-,27-,28-/m0/s1. The second kappa shape index (κ2) is 8.67. The van der Waals surface area contributed by atoms with Gasteiger partial charge < -0.3 is 39.0 Å². The van der Waals surface area contributed by atoms with Crippen molar-refractivity contribution >= 4 is 17.8 Å². The maximum atomic E-state index is 13.1. The molecule has 11 nitrogen and oxygen atoms in total. The lowest BCUT2D eigenvalue weighted by atomic mass is 9.50. The Morgan fingerprint density at radius 3 is 2.77 bits per heavy atom. The lowest BCUT2D eigenvalue weighted by molar-refractivity contribution is -0.170. The highest BCUT2D eigenvalue weighted by molar-refractivity contribution is 5.88. The van der Waals surface area contributed by atoms with Gasteiger partial charge in [0.2, 0.25) is 11.7 Å². The molecule has 1 unspecified atom stereocenters. The molecule has 2 N–H and O–H groups in total. The van der Waals surface area contributed by atoms with Crippen molar-refractivity contribution in [3.63, 3.8) is 0 Å². The highest BCUT2D eigenvalue weighted by Gasteiger charge is 2.72. The first-order chi connectivity index (χ1) is 18.4. The molecular weight excluding hydrogens is 508 g/mol. The van der Waals surface area contributed by atoms with Gasteiger partial charge in [0.1, 0.15) is 11.8 Å². The molecule has 3 aliphatic heterocycles. The van der Waals surface area contributed by atoms with Gasteiger partial charge in [-0.25, -0.2) is 9.59 Å². The Balaban J connectivity index is 1.23. The van der Waals surface area contributed by atoms with Gasteiger partial charge in [-0.1, -0.05) is 6.07 Å². The van der Waals surface area contributed by atoms with Gasteiger partial charge >= 0.3 is 11.9 Å². The number of likely N-dealkylation sites (tertiary alicyclic amines) is 1. The van der Waals surface area contributed by atoms with Crippen LogP contribution >= 0.6 is 0 Å². The molecule has 1 amide bonds. The van der Waals surface area contributed by atoms with Gasteiger partial charge in [0.25, 0.3) is 0 Å². The molecule has 210 valence electrons. The van der Waals surface area contributed by atoms with E-state index in [-0.39, 0.29) is 18.9 Å². The van der Waals surface area contributed by atoms with Gasteiger partial charge in [-0.15, -0.1) is 0 Å². The Hall–Kier alpha value is -3.15. The molecule has 2 fully saturated rings. The molecule has 2 bridgehead atoms. The molecule has 6 rings (SSSR count). The van der Waals surface area contributed by atoms with Crippen molar-refractivity contribution in [2.24, 2.45) is 0 Å². The SMILES string of the molecule is COc1ccc2c3c1O[C@H]1C(OC(=O)[C@H](C)NC(=O)C[C@@H]4OC(C)(C)OC4=O)=CC[C@]4(O)C(C2)N(C)CC[C@]314. The number of nitrogens with one attached hydrogen (secondary N) is 1. The smallest absolute Gasteiger partial charge is 0.338 e. The van der Waals surface area contributed by atoms with Crippen LogP contribution in [0.1, 0.15) is 51.2 Å². The van der Waals surface area contributed by atoms with Crippen LogP contribution in [-0.4, -0.2) is 84.2 Å². The predicted octanol–water partition coefficient (Wildman–Crippen LogP) is 1.09. The zero-order valence-electron chi connectivity index (χ0n) is 22.7. The van der Waals surface area contributed by atoms with Gasteiger partial charge in [-0.05, 0) is 51.1 Å². The molecule has 0 radical (unpaired) electrons. The van der Waals surface area contributed by atoms with E-state index in [1.807, 2.05) is 19.2 Å². The Bertz CT molecular complexity index is 1290. The minimum Gasteiger partial charge on any atom is -0.493 e. The molecule has 39 heavy (non-hydrogen) atoms. The van der Waals surface area contributed by atoms with Crippen LogP contribution in [-0.2, 0) is 40.4 Å². The molecule has 2 saturated heterocycles. The van der Waals surface area contributed by atoms with Crippen LogP contribution in [0.15, 0.2) is 24.0 Å². The summed E-state index contributed by atoms with van der Waals surface area (Å²) in [6, 6.07) is 2.78. The number of carbonyl (C=O) groups is 3. The molecular formula is C28H34N2O9. The average Bonchev–Trinajstić information content (AvgIpc) is 3.35. The lowest BCUT2D eigenvalue weighted by Gasteiger charge is -2.61. The maximum Gasteiger partial charge on any atom is 0.338 e. The van der Waals surface area contributed by atoms with Gasteiger partial charge in [0, 0.05) is 31.9 Å². The number of ether oxygens (including phenoxy) is 5. The fourth-order valence-electron chi connectivity index (χ4n) is 7.17. The number of carbonyl (C=O) groups excluding carboxylic acids is 3. The Morgan fingerprint density at radius 1 is 1.31 bits per heavy atom. The van der Waals surface area contributed by atoms with Crippen molar-refractivity contribution < 1.29 is 43.2 Å². The zero-order chi connectivity index (χ0) is 27.9. The van der Waals surface area contributed by atoms with Crippen LogP contribution in [0.5, 0.6) is 11.5 Å². The van der Waals surface area contributed by atoms with E-state index in [9.17, 15) is 19.5 Å². The fraction of sp³-hybridized carbons (Fsp3) is 0.607. The number of piperidine rings is 1. The highest BCUT2D eigenvalue weighted by atomic mass is 16.8. The van der Waals surface area contributed by atoms with Crippen molar-refractivity contribution in [1.82, 2.24) is 10.2 Å². The van der Waals surface area contributed by atoms with Crippen molar-refractivity contribution in [3.05, 3.63) is 35.1 Å². The number of likely N-dealkylation sites (N-methyl/N-ethyl adjacent to an activating group) is 1. The minimum absolute atomic E-state index is 0.120. The van der Waals surface area contributed by atoms with Crippen molar-refractivity contribution in [1.29, 1.82) is 0 Å². The average molecular weight is 543 g/mol. The first kappa shape index (κ1) is 26.1. The number of cyclic esters (lactones) is 1.